The number of pyridine rings is 1. The Balaban J connectivity index is 1.37. The van der Waals surface area contributed by atoms with Crippen molar-refractivity contribution in [3.8, 4) is 17.2 Å². The molecule has 2 aromatic carbocycles. The number of amides is 1. The number of anilines is 2. The number of fused-ring (bicyclic) bond motifs is 1. The molecule has 3 aromatic rings. The molecule has 148 valence electrons. The maximum absolute atomic E-state index is 12.6. The number of nitrogens with one attached hydrogen (secondary N) is 2. The van der Waals surface area contributed by atoms with Crippen LogP contribution in [0.5, 0.6) is 17.2 Å². The van der Waals surface area contributed by atoms with Gasteiger partial charge in [0.2, 0.25) is 6.79 Å². The zero-order valence-corrected chi connectivity index (χ0v) is 16.0. The van der Waals surface area contributed by atoms with E-state index in [9.17, 15) is 4.79 Å². The summed E-state index contributed by atoms with van der Waals surface area (Å²) >= 11 is 0. The molecule has 0 saturated carbocycles. The second-order valence-electron chi connectivity index (χ2n) is 6.47. The van der Waals surface area contributed by atoms with Crippen molar-refractivity contribution in [3.63, 3.8) is 0 Å². The molecule has 0 radical (unpaired) electrons. The Morgan fingerprint density at radius 1 is 1.07 bits per heavy atom. The molecule has 0 fully saturated rings. The van der Waals surface area contributed by atoms with Crippen molar-refractivity contribution in [3.05, 3.63) is 72.1 Å². The first-order valence-corrected chi connectivity index (χ1v) is 9.25. The third-order valence-corrected chi connectivity index (χ3v) is 4.55. The molecule has 1 aliphatic heterocycles. The highest BCUT2D eigenvalue weighted by Gasteiger charge is 2.15. The summed E-state index contributed by atoms with van der Waals surface area (Å²) in [6, 6.07) is 15.0. The van der Waals surface area contributed by atoms with Crippen molar-refractivity contribution in [1.29, 1.82) is 0 Å². The average molecular weight is 391 g/mol. The highest BCUT2D eigenvalue weighted by molar-refractivity contribution is 6.04. The number of benzene rings is 2. The van der Waals surface area contributed by atoms with E-state index in [1.54, 1.807) is 37.6 Å². The Bertz CT molecular complexity index is 1020. The average Bonchev–Trinajstić information content (AvgIpc) is 3.22. The van der Waals surface area contributed by atoms with Crippen LogP contribution in [-0.4, -0.2) is 31.3 Å². The van der Waals surface area contributed by atoms with Gasteiger partial charge >= 0.3 is 0 Å². The Hall–Kier alpha value is -3.74. The third-order valence-electron chi connectivity index (χ3n) is 4.55. The minimum absolute atomic E-state index is 0.194. The molecule has 0 saturated heterocycles. The summed E-state index contributed by atoms with van der Waals surface area (Å²) in [6.45, 7) is 0.883. The van der Waals surface area contributed by atoms with Gasteiger partial charge in [-0.05, 0) is 36.2 Å². The molecule has 0 bridgehead atoms. The minimum atomic E-state index is -0.246. The van der Waals surface area contributed by atoms with Crippen LogP contribution in [0.4, 0.5) is 11.4 Å². The lowest BCUT2D eigenvalue weighted by atomic mass is 10.1. The molecular weight excluding hydrogens is 370 g/mol. The fourth-order valence-corrected chi connectivity index (χ4v) is 3.09. The van der Waals surface area contributed by atoms with Gasteiger partial charge in [0.15, 0.2) is 11.5 Å². The van der Waals surface area contributed by atoms with Crippen LogP contribution >= 0.6 is 0 Å². The van der Waals surface area contributed by atoms with Crippen molar-refractivity contribution in [2.45, 2.75) is 6.42 Å². The lowest BCUT2D eigenvalue weighted by Crippen LogP contribution is -2.13. The molecule has 1 aliphatic rings. The molecule has 4 rings (SSSR count). The van der Waals surface area contributed by atoms with Gasteiger partial charge in [0, 0.05) is 30.7 Å². The maximum atomic E-state index is 12.6. The van der Waals surface area contributed by atoms with Gasteiger partial charge in [0.1, 0.15) is 5.75 Å². The van der Waals surface area contributed by atoms with Crippen LogP contribution < -0.4 is 24.8 Å². The number of hydrogen-bond donors (Lipinski definition) is 2. The fraction of sp³-hybridized carbons (Fsp3) is 0.182. The van der Waals surface area contributed by atoms with Crippen molar-refractivity contribution >= 4 is 17.3 Å². The van der Waals surface area contributed by atoms with Gasteiger partial charge in [0.25, 0.3) is 5.91 Å². The zero-order valence-electron chi connectivity index (χ0n) is 16.0. The fourth-order valence-electron chi connectivity index (χ4n) is 3.09. The number of para-hydroxylation sites is 1. The Kier molecular flexibility index (Phi) is 5.47. The van der Waals surface area contributed by atoms with Crippen LogP contribution in [0.15, 0.2) is 60.9 Å². The minimum Gasteiger partial charge on any atom is -0.496 e. The zero-order chi connectivity index (χ0) is 20.1. The number of hydrogen-bond acceptors (Lipinski definition) is 6. The van der Waals surface area contributed by atoms with E-state index < -0.39 is 0 Å². The van der Waals surface area contributed by atoms with Gasteiger partial charge in [-0.1, -0.05) is 18.2 Å². The van der Waals surface area contributed by atoms with Crippen LogP contribution in [0.3, 0.4) is 0 Å². The van der Waals surface area contributed by atoms with E-state index in [1.807, 2.05) is 24.3 Å². The Morgan fingerprint density at radius 2 is 1.93 bits per heavy atom. The molecule has 0 aliphatic carbocycles. The van der Waals surface area contributed by atoms with Crippen LogP contribution in [-0.2, 0) is 6.42 Å². The molecule has 0 atom stereocenters. The first kappa shape index (κ1) is 18.6. The first-order chi connectivity index (χ1) is 14.2. The van der Waals surface area contributed by atoms with E-state index in [-0.39, 0.29) is 12.7 Å². The van der Waals surface area contributed by atoms with E-state index in [0.717, 1.165) is 23.4 Å². The molecule has 2 N–H and O–H groups in total. The van der Waals surface area contributed by atoms with E-state index in [1.165, 1.54) is 6.20 Å². The van der Waals surface area contributed by atoms with Gasteiger partial charge in [0.05, 0.1) is 18.4 Å². The number of ether oxygens (including phenoxy) is 3. The summed E-state index contributed by atoms with van der Waals surface area (Å²) in [5.41, 5.74) is 2.99. The van der Waals surface area contributed by atoms with Gasteiger partial charge < -0.3 is 24.8 Å². The van der Waals surface area contributed by atoms with E-state index in [0.29, 0.717) is 29.3 Å². The number of carbonyl (C=O) groups is 1. The first-order valence-electron chi connectivity index (χ1n) is 9.25. The lowest BCUT2D eigenvalue weighted by molar-refractivity contribution is 0.102. The molecule has 29 heavy (non-hydrogen) atoms. The Labute approximate surface area is 168 Å². The topological polar surface area (TPSA) is 81.7 Å². The number of aromatic nitrogens is 1. The predicted molar refractivity (Wildman–Crippen MR) is 110 cm³/mol. The molecule has 0 unspecified atom stereocenters. The van der Waals surface area contributed by atoms with E-state index >= 15 is 0 Å². The Morgan fingerprint density at radius 3 is 2.83 bits per heavy atom. The van der Waals surface area contributed by atoms with Crippen molar-refractivity contribution < 1.29 is 19.0 Å². The molecular formula is C22H21N3O4. The predicted octanol–water partition coefficient (Wildman–Crippen LogP) is 3.73. The van der Waals surface area contributed by atoms with Crippen molar-refractivity contribution in [1.82, 2.24) is 4.98 Å². The summed E-state index contributed by atoms with van der Waals surface area (Å²) in [5.74, 6) is 1.91. The summed E-state index contributed by atoms with van der Waals surface area (Å²) in [7, 11) is 1.67. The summed E-state index contributed by atoms with van der Waals surface area (Å²) in [6.07, 6.45) is 4.02. The maximum Gasteiger partial charge on any atom is 0.257 e. The molecule has 7 heteroatoms. The molecule has 1 aromatic heterocycles. The normalized spacial score (nSPS) is 11.8. The number of methoxy groups -OCH3 is 1. The molecule has 2 heterocycles. The van der Waals surface area contributed by atoms with Crippen LogP contribution in [0.2, 0.25) is 0 Å². The van der Waals surface area contributed by atoms with Gasteiger partial charge in [-0.2, -0.15) is 0 Å². The number of nitrogens with zero attached hydrogens (tertiary/aromatic N) is 1. The van der Waals surface area contributed by atoms with Crippen LogP contribution in [0, 0.1) is 0 Å². The van der Waals surface area contributed by atoms with Crippen molar-refractivity contribution in [2.24, 2.45) is 0 Å². The second-order valence-corrected chi connectivity index (χ2v) is 6.47. The van der Waals surface area contributed by atoms with Gasteiger partial charge in [-0.15, -0.1) is 0 Å². The lowest BCUT2D eigenvalue weighted by Gasteiger charge is -2.11. The van der Waals surface area contributed by atoms with Crippen LogP contribution in [0.1, 0.15) is 15.9 Å². The monoisotopic (exact) mass is 391 g/mol. The van der Waals surface area contributed by atoms with Crippen LogP contribution in [0.25, 0.3) is 0 Å². The summed E-state index contributed by atoms with van der Waals surface area (Å²) < 4.78 is 16.0. The molecule has 0 spiro atoms. The van der Waals surface area contributed by atoms with E-state index in [4.69, 9.17) is 14.2 Å². The number of carbonyl (C=O) groups excluding carboxylic acids is 1. The largest absolute Gasteiger partial charge is 0.496 e. The van der Waals surface area contributed by atoms with Crippen molar-refractivity contribution in [2.75, 3.05) is 31.1 Å². The third kappa shape index (κ3) is 4.40. The standard InChI is InChI=1S/C22H21N3O4/c1-27-19-5-3-2-4-15(19)8-9-24-18-10-16(12-23-13-18)22(26)25-17-6-7-20-21(11-17)29-14-28-20/h2-7,10-13,24H,8-9,14H2,1H3,(H,25,26). The summed E-state index contributed by atoms with van der Waals surface area (Å²) in [5, 5.41) is 6.16. The molecule has 7 nitrogen and oxygen atoms in total. The highest BCUT2D eigenvalue weighted by atomic mass is 16.7. The smallest absolute Gasteiger partial charge is 0.257 e. The summed E-state index contributed by atoms with van der Waals surface area (Å²) in [4.78, 5) is 16.7. The molecule has 1 amide bonds. The van der Waals surface area contributed by atoms with Gasteiger partial charge in [-0.3, -0.25) is 9.78 Å². The quantitative estimate of drug-likeness (QED) is 0.639. The SMILES string of the molecule is COc1ccccc1CCNc1cncc(C(=O)Nc2ccc3c(c2)OCO3)c1. The van der Waals surface area contributed by atoms with E-state index in [2.05, 4.69) is 15.6 Å². The second kappa shape index (κ2) is 8.52. The van der Waals surface area contributed by atoms with Gasteiger partial charge in [-0.25, -0.2) is 0 Å². The highest BCUT2D eigenvalue weighted by Crippen LogP contribution is 2.34. The number of rotatable bonds is 7.